The van der Waals surface area contributed by atoms with Crippen molar-refractivity contribution >= 4 is 34.2 Å². The minimum absolute atomic E-state index is 0.134. The first-order valence-electron chi connectivity index (χ1n) is 10.6. The number of hydrogen-bond donors (Lipinski definition) is 1. The zero-order valence-electron chi connectivity index (χ0n) is 18.2. The molecule has 0 spiro atoms. The van der Waals surface area contributed by atoms with Gasteiger partial charge in [-0.05, 0) is 44.0 Å². The molecular formula is C24H20F2IN5O2. The van der Waals surface area contributed by atoms with E-state index < -0.39 is 15.5 Å². The summed E-state index contributed by atoms with van der Waals surface area (Å²) in [6.45, 7) is 3.11. The number of alkyl halides is 3. The number of amides is 1. The molecule has 1 aliphatic heterocycles. The highest BCUT2D eigenvalue weighted by atomic mass is 127. The summed E-state index contributed by atoms with van der Waals surface area (Å²) in [6.07, 6.45) is 4.82. The number of aromatic nitrogens is 3. The molecule has 3 aromatic heterocycles. The highest BCUT2D eigenvalue weighted by Crippen LogP contribution is 2.34. The van der Waals surface area contributed by atoms with Gasteiger partial charge in [0, 0.05) is 64.7 Å². The number of anilines is 1. The van der Waals surface area contributed by atoms with Gasteiger partial charge in [0.25, 0.3) is 5.91 Å². The molecule has 0 radical (unpaired) electrons. The standard InChI is InChI=1S/C24H20F2IN5O2/c1-14-19(17-9-16(11-28)22(30-12-17)15-5-7-34-8-6-15)10-18(13-29-14)31-23(33)20-3-2-4-21(32-20)24(25,26)27/h2-4,9-10,12-13,15H,5-8H2,1H3,(H,31,33). The molecule has 0 saturated carbocycles. The van der Waals surface area contributed by atoms with Crippen LogP contribution in [0.15, 0.2) is 42.7 Å². The molecule has 4 heterocycles. The normalized spacial score (nSPS) is 14.4. The van der Waals surface area contributed by atoms with Crippen molar-refractivity contribution in [1.29, 1.82) is 5.26 Å². The van der Waals surface area contributed by atoms with Crippen molar-refractivity contribution in [3.63, 3.8) is 0 Å². The lowest BCUT2D eigenvalue weighted by atomic mass is 9.91. The maximum Gasteiger partial charge on any atom is 0.337 e. The molecule has 1 fully saturated rings. The van der Waals surface area contributed by atoms with E-state index in [1.807, 2.05) is 6.92 Å². The second-order valence-corrected chi connectivity index (χ2v) is 9.23. The van der Waals surface area contributed by atoms with Crippen LogP contribution in [0.4, 0.5) is 14.5 Å². The van der Waals surface area contributed by atoms with E-state index in [1.165, 1.54) is 24.4 Å². The fraction of sp³-hybridized carbons (Fsp3) is 0.292. The summed E-state index contributed by atoms with van der Waals surface area (Å²) in [5.74, 6) is -0.453. The van der Waals surface area contributed by atoms with Crippen molar-refractivity contribution in [3.05, 3.63) is 71.1 Å². The number of nitrogens with one attached hydrogen (secondary N) is 1. The molecule has 0 aliphatic carbocycles. The Morgan fingerprint density at radius 2 is 2.00 bits per heavy atom. The first kappa shape index (κ1) is 24.1. The predicted molar refractivity (Wildman–Crippen MR) is 130 cm³/mol. The molecule has 0 atom stereocenters. The van der Waals surface area contributed by atoms with Crippen LogP contribution in [0.3, 0.4) is 0 Å². The lowest BCUT2D eigenvalue weighted by Gasteiger charge is -2.22. The van der Waals surface area contributed by atoms with Gasteiger partial charge >= 0.3 is 3.93 Å². The van der Waals surface area contributed by atoms with Crippen LogP contribution in [0.25, 0.3) is 11.1 Å². The average Bonchev–Trinajstić information content (AvgIpc) is 2.85. The number of nitriles is 1. The molecule has 0 unspecified atom stereocenters. The lowest BCUT2D eigenvalue weighted by Crippen LogP contribution is -2.17. The van der Waals surface area contributed by atoms with Gasteiger partial charge in [0.2, 0.25) is 0 Å². The second kappa shape index (κ2) is 10.1. The first-order chi connectivity index (χ1) is 16.3. The topological polar surface area (TPSA) is 101 Å². The zero-order chi connectivity index (χ0) is 24.3. The number of halogens is 3. The molecule has 34 heavy (non-hydrogen) atoms. The Morgan fingerprint density at radius 1 is 1.24 bits per heavy atom. The predicted octanol–water partition coefficient (Wildman–Crippen LogP) is 5.35. The maximum absolute atomic E-state index is 13.6. The van der Waals surface area contributed by atoms with Crippen molar-refractivity contribution in [3.8, 4) is 17.2 Å². The van der Waals surface area contributed by atoms with Crippen molar-refractivity contribution in [2.75, 3.05) is 18.5 Å². The Kier molecular flexibility index (Phi) is 7.13. The van der Waals surface area contributed by atoms with Gasteiger partial charge in [-0.15, -0.1) is 0 Å². The Balaban J connectivity index is 1.60. The molecule has 7 nitrogen and oxygen atoms in total. The number of aryl methyl sites for hydroxylation is 1. The number of hydrogen-bond acceptors (Lipinski definition) is 6. The van der Waals surface area contributed by atoms with Crippen LogP contribution in [0.1, 0.15) is 51.9 Å². The van der Waals surface area contributed by atoms with Gasteiger partial charge in [-0.25, -0.2) is 4.98 Å². The summed E-state index contributed by atoms with van der Waals surface area (Å²) in [4.78, 5) is 25.3. The highest BCUT2D eigenvalue weighted by Gasteiger charge is 2.29. The smallest absolute Gasteiger partial charge is 0.337 e. The van der Waals surface area contributed by atoms with E-state index in [0.29, 0.717) is 41.3 Å². The van der Waals surface area contributed by atoms with Gasteiger partial charge in [-0.2, -0.15) is 14.0 Å². The van der Waals surface area contributed by atoms with Crippen LogP contribution in [0, 0.1) is 18.3 Å². The monoisotopic (exact) mass is 575 g/mol. The third kappa shape index (κ3) is 5.37. The molecular weight excluding hydrogens is 555 g/mol. The third-order valence-electron chi connectivity index (χ3n) is 5.57. The molecule has 174 valence electrons. The summed E-state index contributed by atoms with van der Waals surface area (Å²) in [5.41, 5.74) is 3.08. The number of carbonyl (C=O) groups is 1. The largest absolute Gasteiger partial charge is 0.381 e. The average molecular weight is 575 g/mol. The van der Waals surface area contributed by atoms with Gasteiger partial charge in [0.15, 0.2) is 0 Å². The summed E-state index contributed by atoms with van der Waals surface area (Å²) < 4.78 is 29.4. The summed E-state index contributed by atoms with van der Waals surface area (Å²) >= 11 is 0.970. The van der Waals surface area contributed by atoms with E-state index in [4.69, 9.17) is 4.74 Å². The van der Waals surface area contributed by atoms with Gasteiger partial charge < -0.3 is 10.1 Å². The van der Waals surface area contributed by atoms with E-state index in [2.05, 4.69) is 26.3 Å². The van der Waals surface area contributed by atoms with Gasteiger partial charge in [0.1, 0.15) is 17.5 Å². The maximum atomic E-state index is 13.6. The molecule has 0 aromatic carbocycles. The van der Waals surface area contributed by atoms with Gasteiger partial charge in [-0.3, -0.25) is 14.8 Å². The van der Waals surface area contributed by atoms with Crippen molar-refractivity contribution in [2.45, 2.75) is 29.6 Å². The van der Waals surface area contributed by atoms with Crippen molar-refractivity contribution in [2.24, 2.45) is 0 Å². The van der Waals surface area contributed by atoms with Crippen LogP contribution in [0.2, 0.25) is 0 Å². The molecule has 1 saturated heterocycles. The number of nitrogens with zero attached hydrogens (tertiary/aromatic N) is 4. The van der Waals surface area contributed by atoms with Crippen LogP contribution in [0.5, 0.6) is 0 Å². The second-order valence-electron chi connectivity index (χ2n) is 7.87. The Labute approximate surface area is 208 Å². The summed E-state index contributed by atoms with van der Waals surface area (Å²) in [5, 5.41) is 12.4. The van der Waals surface area contributed by atoms with Crippen LogP contribution >= 0.6 is 22.6 Å². The number of ether oxygens (including phenoxy) is 1. The molecule has 1 N–H and O–H groups in total. The SMILES string of the molecule is Cc1ncc(NC(=O)c2cccc(C(F)(F)I)n2)cc1-c1cnc(C2CCOCC2)c(C#N)c1. The minimum Gasteiger partial charge on any atom is -0.381 e. The third-order valence-corrected chi connectivity index (χ3v) is 6.13. The lowest BCUT2D eigenvalue weighted by molar-refractivity contribution is 0.0844. The number of pyridine rings is 3. The Morgan fingerprint density at radius 3 is 2.71 bits per heavy atom. The molecule has 4 rings (SSSR count). The summed E-state index contributed by atoms with van der Waals surface area (Å²) in [7, 11) is 0. The van der Waals surface area contributed by atoms with Gasteiger partial charge in [0.05, 0.1) is 23.1 Å². The van der Waals surface area contributed by atoms with E-state index in [1.54, 1.807) is 18.3 Å². The quantitative estimate of drug-likeness (QED) is 0.325. The van der Waals surface area contributed by atoms with Crippen LogP contribution in [-0.4, -0.2) is 34.1 Å². The number of carbonyl (C=O) groups excluding carboxylic acids is 1. The van der Waals surface area contributed by atoms with Crippen molar-refractivity contribution in [1.82, 2.24) is 15.0 Å². The summed E-state index contributed by atoms with van der Waals surface area (Å²) in [6, 6.07) is 9.62. The fourth-order valence-electron chi connectivity index (χ4n) is 3.82. The molecule has 1 amide bonds. The molecule has 10 heteroatoms. The van der Waals surface area contributed by atoms with Crippen LogP contribution in [-0.2, 0) is 8.67 Å². The van der Waals surface area contributed by atoms with E-state index in [9.17, 15) is 18.8 Å². The van der Waals surface area contributed by atoms with Gasteiger partial charge in [-0.1, -0.05) is 6.07 Å². The van der Waals surface area contributed by atoms with E-state index in [-0.39, 0.29) is 11.6 Å². The fourth-order valence-corrected chi connectivity index (χ4v) is 4.12. The van der Waals surface area contributed by atoms with E-state index in [0.717, 1.165) is 41.1 Å². The molecule has 3 aromatic rings. The molecule has 1 aliphatic rings. The number of rotatable bonds is 5. The van der Waals surface area contributed by atoms with Crippen LogP contribution < -0.4 is 5.32 Å². The highest BCUT2D eigenvalue weighted by molar-refractivity contribution is 14.1. The minimum atomic E-state index is -3.19. The zero-order valence-corrected chi connectivity index (χ0v) is 20.3. The first-order valence-corrected chi connectivity index (χ1v) is 11.6. The Hall–Kier alpha value is -3.04. The van der Waals surface area contributed by atoms with E-state index >= 15 is 0 Å². The van der Waals surface area contributed by atoms with Crippen molar-refractivity contribution < 1.29 is 18.3 Å². The molecule has 0 bridgehead atoms. The Bertz CT molecular complexity index is 1270.